The van der Waals surface area contributed by atoms with Crippen LogP contribution in [0.25, 0.3) is 0 Å². The van der Waals surface area contributed by atoms with Gasteiger partial charge < -0.3 is 4.90 Å². The van der Waals surface area contributed by atoms with E-state index in [4.69, 9.17) is 0 Å². The number of piperazine rings is 1. The van der Waals surface area contributed by atoms with Gasteiger partial charge in [0.25, 0.3) is 0 Å². The van der Waals surface area contributed by atoms with Crippen LogP contribution in [-0.2, 0) is 0 Å². The molecule has 1 aliphatic carbocycles. The summed E-state index contributed by atoms with van der Waals surface area (Å²) in [6.45, 7) is 11.8. The minimum absolute atomic E-state index is 0.394. The van der Waals surface area contributed by atoms with E-state index in [1.165, 1.54) is 32.5 Å². The molecule has 0 spiro atoms. The fraction of sp³-hybridized carbons (Fsp3) is 0.933. The molecular weight excluding hydrogens is 236 g/mol. The molecule has 19 heavy (non-hydrogen) atoms. The van der Waals surface area contributed by atoms with E-state index < -0.39 is 5.54 Å². The van der Waals surface area contributed by atoms with E-state index in [-0.39, 0.29) is 0 Å². The van der Waals surface area contributed by atoms with Gasteiger partial charge in [0.2, 0.25) is 0 Å². The average molecular weight is 264 g/mol. The van der Waals surface area contributed by atoms with Crippen LogP contribution in [0.5, 0.6) is 0 Å². The van der Waals surface area contributed by atoms with E-state index >= 15 is 0 Å². The zero-order chi connectivity index (χ0) is 13.7. The van der Waals surface area contributed by atoms with Gasteiger partial charge in [-0.3, -0.25) is 10.2 Å². The van der Waals surface area contributed by atoms with Crippen LogP contribution in [0.1, 0.15) is 33.1 Å². The second kappa shape index (κ2) is 6.69. The zero-order valence-corrected chi connectivity index (χ0v) is 12.5. The van der Waals surface area contributed by atoms with Gasteiger partial charge in [0.1, 0.15) is 5.54 Å². The highest BCUT2D eigenvalue weighted by Gasteiger charge is 2.30. The molecule has 4 heteroatoms. The molecule has 108 valence electrons. The third-order valence-corrected chi connectivity index (χ3v) is 4.23. The van der Waals surface area contributed by atoms with Crippen molar-refractivity contribution in [1.82, 2.24) is 15.1 Å². The lowest BCUT2D eigenvalue weighted by atomic mass is 10.0. The van der Waals surface area contributed by atoms with E-state index in [9.17, 15) is 5.26 Å². The lowest BCUT2D eigenvalue weighted by Gasteiger charge is -2.38. The number of nitriles is 1. The van der Waals surface area contributed by atoms with Gasteiger partial charge in [-0.2, -0.15) is 5.26 Å². The Hall–Kier alpha value is -0.630. The van der Waals surface area contributed by atoms with E-state index in [0.29, 0.717) is 0 Å². The molecule has 1 atom stereocenters. The van der Waals surface area contributed by atoms with Crippen molar-refractivity contribution in [2.75, 3.05) is 45.8 Å². The molecule has 1 aliphatic heterocycles. The minimum Gasteiger partial charge on any atom is -0.301 e. The maximum Gasteiger partial charge on any atom is 0.116 e. The molecule has 0 bridgehead atoms. The number of nitrogens with zero attached hydrogens (tertiary/aromatic N) is 3. The Morgan fingerprint density at radius 1 is 1.21 bits per heavy atom. The number of hydrogen-bond donors (Lipinski definition) is 1. The molecule has 1 saturated carbocycles. The topological polar surface area (TPSA) is 42.3 Å². The summed E-state index contributed by atoms with van der Waals surface area (Å²) in [4.78, 5) is 5.03. The van der Waals surface area contributed by atoms with Crippen LogP contribution in [-0.4, -0.2) is 61.2 Å². The molecule has 2 fully saturated rings. The molecule has 0 aromatic rings. The molecule has 2 rings (SSSR count). The van der Waals surface area contributed by atoms with Gasteiger partial charge >= 0.3 is 0 Å². The Bertz CT molecular complexity index is 313. The first kappa shape index (κ1) is 14.8. The molecule has 1 N–H and O–H groups in total. The Kier molecular flexibility index (Phi) is 5.20. The molecule has 0 aromatic carbocycles. The Morgan fingerprint density at radius 3 is 2.37 bits per heavy atom. The molecule has 1 heterocycles. The Morgan fingerprint density at radius 2 is 1.84 bits per heavy atom. The van der Waals surface area contributed by atoms with Crippen molar-refractivity contribution < 1.29 is 0 Å². The van der Waals surface area contributed by atoms with Crippen molar-refractivity contribution >= 4 is 0 Å². The lowest BCUT2D eigenvalue weighted by Crippen LogP contribution is -2.55. The van der Waals surface area contributed by atoms with Gasteiger partial charge in [-0.05, 0) is 38.6 Å². The van der Waals surface area contributed by atoms with Crippen LogP contribution < -0.4 is 5.32 Å². The molecule has 0 amide bonds. The van der Waals surface area contributed by atoms with Gasteiger partial charge in [-0.25, -0.2) is 0 Å². The predicted molar refractivity (Wildman–Crippen MR) is 77.9 cm³/mol. The molecule has 0 aromatic heterocycles. The van der Waals surface area contributed by atoms with Crippen LogP contribution in [0.15, 0.2) is 0 Å². The summed E-state index contributed by atoms with van der Waals surface area (Å²) in [5, 5.41) is 12.8. The summed E-state index contributed by atoms with van der Waals surface area (Å²) in [6, 6.07) is 2.45. The van der Waals surface area contributed by atoms with E-state index in [0.717, 1.165) is 38.5 Å². The first-order valence-electron chi connectivity index (χ1n) is 7.76. The highest BCUT2D eigenvalue weighted by molar-refractivity contribution is 5.06. The van der Waals surface area contributed by atoms with Gasteiger partial charge in [0.15, 0.2) is 0 Å². The van der Waals surface area contributed by atoms with Crippen LogP contribution in [0.3, 0.4) is 0 Å². The standard InChI is InChI=1S/C15H28N4/c1-3-6-17-15(2,12-16)13-19-9-7-18(8-10-19)11-14-4-5-14/h14,17H,3-11,13H2,1-2H3. The highest BCUT2D eigenvalue weighted by atomic mass is 15.3. The minimum atomic E-state index is -0.394. The summed E-state index contributed by atoms with van der Waals surface area (Å²) in [6.07, 6.45) is 3.95. The third kappa shape index (κ3) is 4.76. The summed E-state index contributed by atoms with van der Waals surface area (Å²) in [7, 11) is 0. The highest BCUT2D eigenvalue weighted by Crippen LogP contribution is 2.29. The summed E-state index contributed by atoms with van der Waals surface area (Å²) < 4.78 is 0. The average Bonchev–Trinajstić information content (AvgIpc) is 3.23. The van der Waals surface area contributed by atoms with Gasteiger partial charge in [0, 0.05) is 39.3 Å². The van der Waals surface area contributed by atoms with Gasteiger partial charge in [0.05, 0.1) is 6.07 Å². The monoisotopic (exact) mass is 264 g/mol. The second-order valence-corrected chi connectivity index (χ2v) is 6.39. The Balaban J connectivity index is 1.72. The van der Waals surface area contributed by atoms with Crippen molar-refractivity contribution in [2.24, 2.45) is 5.92 Å². The smallest absolute Gasteiger partial charge is 0.116 e. The van der Waals surface area contributed by atoms with Gasteiger partial charge in [-0.1, -0.05) is 6.92 Å². The fourth-order valence-electron chi connectivity index (χ4n) is 2.77. The van der Waals surface area contributed by atoms with E-state index in [2.05, 4.69) is 28.1 Å². The molecule has 4 nitrogen and oxygen atoms in total. The van der Waals surface area contributed by atoms with Crippen molar-refractivity contribution in [3.63, 3.8) is 0 Å². The van der Waals surface area contributed by atoms with Crippen molar-refractivity contribution in [1.29, 1.82) is 5.26 Å². The molecule has 1 unspecified atom stereocenters. The third-order valence-electron chi connectivity index (χ3n) is 4.23. The number of nitrogens with one attached hydrogen (secondary N) is 1. The van der Waals surface area contributed by atoms with Crippen LogP contribution in [0.2, 0.25) is 0 Å². The summed E-state index contributed by atoms with van der Waals surface area (Å²) in [5.74, 6) is 0.988. The molecule has 2 aliphatic rings. The van der Waals surface area contributed by atoms with Crippen molar-refractivity contribution in [3.8, 4) is 6.07 Å². The maximum absolute atomic E-state index is 9.37. The van der Waals surface area contributed by atoms with Crippen LogP contribution in [0, 0.1) is 17.2 Å². The first-order chi connectivity index (χ1) is 9.15. The second-order valence-electron chi connectivity index (χ2n) is 6.39. The molecule has 0 radical (unpaired) electrons. The fourth-order valence-corrected chi connectivity index (χ4v) is 2.77. The van der Waals surface area contributed by atoms with Gasteiger partial charge in [-0.15, -0.1) is 0 Å². The maximum atomic E-state index is 9.37. The quantitative estimate of drug-likeness (QED) is 0.752. The van der Waals surface area contributed by atoms with Crippen molar-refractivity contribution in [3.05, 3.63) is 0 Å². The lowest BCUT2D eigenvalue weighted by molar-refractivity contribution is 0.112. The Labute approximate surface area is 117 Å². The van der Waals surface area contributed by atoms with E-state index in [1.807, 2.05) is 6.92 Å². The molecule has 1 saturated heterocycles. The zero-order valence-electron chi connectivity index (χ0n) is 12.5. The summed E-state index contributed by atoms with van der Waals surface area (Å²) in [5.41, 5.74) is -0.394. The van der Waals surface area contributed by atoms with Crippen LogP contribution in [0.4, 0.5) is 0 Å². The number of rotatable bonds is 7. The number of hydrogen-bond acceptors (Lipinski definition) is 4. The van der Waals surface area contributed by atoms with Crippen molar-refractivity contribution in [2.45, 2.75) is 38.6 Å². The SMILES string of the molecule is CCCNC(C)(C#N)CN1CCN(CC2CC2)CC1. The predicted octanol–water partition coefficient (Wildman–Crippen LogP) is 1.30. The summed E-state index contributed by atoms with van der Waals surface area (Å²) >= 11 is 0. The van der Waals surface area contributed by atoms with Crippen LogP contribution >= 0.6 is 0 Å². The largest absolute Gasteiger partial charge is 0.301 e. The normalized spacial score (nSPS) is 24.9. The van der Waals surface area contributed by atoms with E-state index in [1.54, 1.807) is 0 Å². The molecular formula is C15H28N4. The first-order valence-corrected chi connectivity index (χ1v) is 7.76.